The molecule has 0 unspecified atom stereocenters. The molecule has 0 aliphatic heterocycles. The van der Waals surface area contributed by atoms with E-state index >= 15 is 0 Å². The van der Waals surface area contributed by atoms with Crippen molar-refractivity contribution >= 4 is 11.6 Å². The predicted molar refractivity (Wildman–Crippen MR) is 80.5 cm³/mol. The van der Waals surface area contributed by atoms with Crippen molar-refractivity contribution in [1.29, 1.82) is 0 Å². The van der Waals surface area contributed by atoms with E-state index in [-0.39, 0.29) is 5.91 Å². The zero-order chi connectivity index (χ0) is 14.4. The number of carbonyl (C=O) groups is 1. The van der Waals surface area contributed by atoms with E-state index in [0.717, 1.165) is 36.6 Å². The molecule has 2 rings (SSSR count). The minimum atomic E-state index is -0.0699. The summed E-state index contributed by atoms with van der Waals surface area (Å²) in [6.45, 7) is 3.40. The van der Waals surface area contributed by atoms with Gasteiger partial charge in [-0.3, -0.25) is 4.79 Å². The molecule has 5 nitrogen and oxygen atoms in total. The molecule has 1 amide bonds. The first kappa shape index (κ1) is 14.3. The van der Waals surface area contributed by atoms with Crippen LogP contribution >= 0.6 is 0 Å². The highest BCUT2D eigenvalue weighted by molar-refractivity contribution is 5.89. The van der Waals surface area contributed by atoms with Crippen molar-refractivity contribution in [3.63, 3.8) is 0 Å². The summed E-state index contributed by atoms with van der Waals surface area (Å²) in [5.41, 5.74) is 1.80. The Bertz CT molecular complexity index is 577. The molecule has 0 saturated heterocycles. The van der Waals surface area contributed by atoms with Gasteiger partial charge in [0.15, 0.2) is 0 Å². The van der Waals surface area contributed by atoms with Gasteiger partial charge in [0.1, 0.15) is 5.82 Å². The quantitative estimate of drug-likeness (QED) is 0.792. The fourth-order valence-electron chi connectivity index (χ4n) is 2.12. The molecule has 1 aromatic carbocycles. The van der Waals surface area contributed by atoms with Gasteiger partial charge in [-0.2, -0.15) is 0 Å². The van der Waals surface area contributed by atoms with Crippen molar-refractivity contribution in [2.24, 2.45) is 0 Å². The van der Waals surface area contributed by atoms with E-state index in [9.17, 15) is 4.79 Å². The number of hydrogen-bond acceptors (Lipinski definition) is 3. The van der Waals surface area contributed by atoms with E-state index in [2.05, 4.69) is 20.2 Å². The van der Waals surface area contributed by atoms with E-state index in [4.69, 9.17) is 0 Å². The van der Waals surface area contributed by atoms with Gasteiger partial charge in [0.2, 0.25) is 5.91 Å². The van der Waals surface area contributed by atoms with Crippen LogP contribution in [0.15, 0.2) is 36.7 Å². The van der Waals surface area contributed by atoms with E-state index in [1.54, 1.807) is 6.20 Å². The lowest BCUT2D eigenvalue weighted by atomic mass is 10.2. The zero-order valence-corrected chi connectivity index (χ0v) is 11.9. The molecule has 0 saturated carbocycles. The molecular formula is C15H20N4O. The summed E-state index contributed by atoms with van der Waals surface area (Å²) < 4.78 is 2.13. The SMILES string of the molecule is CNCCCn1ccnc1-c1cccc(NC(C)=O)c1. The summed E-state index contributed by atoms with van der Waals surface area (Å²) in [5.74, 6) is 0.854. The second-order valence-electron chi connectivity index (χ2n) is 4.66. The first-order valence-corrected chi connectivity index (χ1v) is 6.74. The highest BCUT2D eigenvalue weighted by Gasteiger charge is 2.06. The maximum absolute atomic E-state index is 11.1. The van der Waals surface area contributed by atoms with Gasteiger partial charge >= 0.3 is 0 Å². The van der Waals surface area contributed by atoms with Crippen LogP contribution in [0, 0.1) is 0 Å². The normalized spacial score (nSPS) is 10.5. The number of anilines is 1. The van der Waals surface area contributed by atoms with Gasteiger partial charge in [-0.25, -0.2) is 4.98 Å². The van der Waals surface area contributed by atoms with Crippen LogP contribution in [0.4, 0.5) is 5.69 Å². The smallest absolute Gasteiger partial charge is 0.221 e. The lowest BCUT2D eigenvalue weighted by molar-refractivity contribution is -0.114. The molecule has 0 aliphatic rings. The van der Waals surface area contributed by atoms with Gasteiger partial charge in [-0.15, -0.1) is 0 Å². The number of carbonyl (C=O) groups excluding carboxylic acids is 1. The fourth-order valence-corrected chi connectivity index (χ4v) is 2.12. The molecule has 0 radical (unpaired) electrons. The maximum Gasteiger partial charge on any atom is 0.221 e. The van der Waals surface area contributed by atoms with Crippen molar-refractivity contribution in [2.45, 2.75) is 19.9 Å². The Hall–Kier alpha value is -2.14. The number of imidazole rings is 1. The van der Waals surface area contributed by atoms with Gasteiger partial charge in [-0.1, -0.05) is 12.1 Å². The summed E-state index contributed by atoms with van der Waals surface area (Å²) >= 11 is 0. The van der Waals surface area contributed by atoms with E-state index in [0.29, 0.717) is 0 Å². The molecule has 0 fully saturated rings. The molecule has 1 heterocycles. The third-order valence-electron chi connectivity index (χ3n) is 2.98. The Kier molecular flexibility index (Phi) is 4.90. The molecule has 0 atom stereocenters. The summed E-state index contributed by atoms with van der Waals surface area (Å²) in [6.07, 6.45) is 4.83. The monoisotopic (exact) mass is 272 g/mol. The van der Waals surface area contributed by atoms with Crippen molar-refractivity contribution in [3.8, 4) is 11.4 Å². The Labute approximate surface area is 119 Å². The number of nitrogens with zero attached hydrogens (tertiary/aromatic N) is 2. The Balaban J connectivity index is 2.18. The molecule has 0 bridgehead atoms. The van der Waals surface area contributed by atoms with Crippen LogP contribution in [0.25, 0.3) is 11.4 Å². The van der Waals surface area contributed by atoms with E-state index in [1.165, 1.54) is 6.92 Å². The zero-order valence-electron chi connectivity index (χ0n) is 11.9. The van der Waals surface area contributed by atoms with Gasteiger partial charge in [0.25, 0.3) is 0 Å². The van der Waals surface area contributed by atoms with Crippen LogP contribution in [0.5, 0.6) is 0 Å². The largest absolute Gasteiger partial charge is 0.331 e. The first-order chi connectivity index (χ1) is 9.70. The van der Waals surface area contributed by atoms with Crippen molar-refractivity contribution in [1.82, 2.24) is 14.9 Å². The number of amides is 1. The number of aryl methyl sites for hydroxylation is 1. The third-order valence-corrected chi connectivity index (χ3v) is 2.98. The van der Waals surface area contributed by atoms with Crippen molar-refractivity contribution < 1.29 is 4.79 Å². The molecule has 0 aliphatic carbocycles. The lowest BCUT2D eigenvalue weighted by Gasteiger charge is -2.09. The highest BCUT2D eigenvalue weighted by atomic mass is 16.1. The van der Waals surface area contributed by atoms with Crippen LogP contribution in [-0.2, 0) is 11.3 Å². The molecule has 5 heteroatoms. The van der Waals surface area contributed by atoms with Crippen LogP contribution in [-0.4, -0.2) is 29.1 Å². The number of hydrogen-bond donors (Lipinski definition) is 2. The van der Waals surface area contributed by atoms with Gasteiger partial charge in [0, 0.05) is 37.1 Å². The second-order valence-corrected chi connectivity index (χ2v) is 4.66. The van der Waals surface area contributed by atoms with Gasteiger partial charge in [-0.05, 0) is 32.1 Å². The van der Waals surface area contributed by atoms with Gasteiger partial charge in [0.05, 0.1) is 0 Å². The molecule has 1 aromatic heterocycles. The highest BCUT2D eigenvalue weighted by Crippen LogP contribution is 2.21. The standard InChI is InChI=1S/C15H20N4O/c1-12(20)18-14-6-3-5-13(11-14)15-17-8-10-19(15)9-4-7-16-2/h3,5-6,8,10-11,16H,4,7,9H2,1-2H3,(H,18,20). The van der Waals surface area contributed by atoms with E-state index in [1.807, 2.05) is 37.5 Å². The Morgan fingerprint density at radius 2 is 2.25 bits per heavy atom. The number of rotatable bonds is 6. The lowest BCUT2D eigenvalue weighted by Crippen LogP contribution is -2.11. The maximum atomic E-state index is 11.1. The minimum Gasteiger partial charge on any atom is -0.331 e. The van der Waals surface area contributed by atoms with Crippen LogP contribution in [0.3, 0.4) is 0 Å². The van der Waals surface area contributed by atoms with E-state index < -0.39 is 0 Å². The third kappa shape index (κ3) is 3.68. The van der Waals surface area contributed by atoms with Crippen LogP contribution in [0.1, 0.15) is 13.3 Å². The summed E-state index contributed by atoms with van der Waals surface area (Å²) in [4.78, 5) is 15.5. The summed E-state index contributed by atoms with van der Waals surface area (Å²) in [7, 11) is 1.95. The number of aromatic nitrogens is 2. The predicted octanol–water partition coefficient (Wildman–Crippen LogP) is 2.12. The Morgan fingerprint density at radius 1 is 1.40 bits per heavy atom. The second kappa shape index (κ2) is 6.86. The molecular weight excluding hydrogens is 252 g/mol. The molecule has 2 aromatic rings. The van der Waals surface area contributed by atoms with Crippen LogP contribution in [0.2, 0.25) is 0 Å². The molecule has 20 heavy (non-hydrogen) atoms. The minimum absolute atomic E-state index is 0.0699. The van der Waals surface area contributed by atoms with Crippen LogP contribution < -0.4 is 10.6 Å². The molecule has 106 valence electrons. The Morgan fingerprint density at radius 3 is 3.00 bits per heavy atom. The molecule has 0 spiro atoms. The van der Waals surface area contributed by atoms with Gasteiger partial charge < -0.3 is 15.2 Å². The number of nitrogens with one attached hydrogen (secondary N) is 2. The average Bonchev–Trinajstić information content (AvgIpc) is 2.87. The summed E-state index contributed by atoms with van der Waals surface area (Å²) in [5, 5.41) is 5.93. The van der Waals surface area contributed by atoms with Crippen molar-refractivity contribution in [3.05, 3.63) is 36.7 Å². The average molecular weight is 272 g/mol. The fraction of sp³-hybridized carbons (Fsp3) is 0.333. The van der Waals surface area contributed by atoms with Crippen molar-refractivity contribution in [2.75, 3.05) is 18.9 Å². The summed E-state index contributed by atoms with van der Waals surface area (Å²) in [6, 6.07) is 7.74. The molecule has 2 N–H and O–H groups in total. The first-order valence-electron chi connectivity index (χ1n) is 6.74. The topological polar surface area (TPSA) is 59.0 Å². The number of benzene rings is 1.